The number of amides is 1. The quantitative estimate of drug-likeness (QED) is 0.844. The summed E-state index contributed by atoms with van der Waals surface area (Å²) in [6, 6.07) is 3.98. The summed E-state index contributed by atoms with van der Waals surface area (Å²) in [6.45, 7) is 9.30. The van der Waals surface area contributed by atoms with E-state index in [0.717, 1.165) is 64.3 Å². The van der Waals surface area contributed by atoms with Crippen LogP contribution in [0, 0.1) is 0 Å². The standard InChI is InChI=1S/C16H24N4O/c1-2-18-9-11-19(12-10-18)14-5-6-17-15(13-14)16(21)20-7-3-4-8-20/h5-6,13H,2-4,7-12H2,1H3. The average molecular weight is 288 g/mol. The van der Waals surface area contributed by atoms with Gasteiger partial charge in [-0.3, -0.25) is 9.78 Å². The highest BCUT2D eigenvalue weighted by molar-refractivity contribution is 5.93. The van der Waals surface area contributed by atoms with E-state index in [9.17, 15) is 4.79 Å². The van der Waals surface area contributed by atoms with Gasteiger partial charge in [0.15, 0.2) is 0 Å². The molecule has 2 fully saturated rings. The van der Waals surface area contributed by atoms with E-state index < -0.39 is 0 Å². The second kappa shape index (κ2) is 6.43. The van der Waals surface area contributed by atoms with Gasteiger partial charge in [-0.25, -0.2) is 0 Å². The normalized spacial score (nSPS) is 20.0. The highest BCUT2D eigenvalue weighted by atomic mass is 16.2. The highest BCUT2D eigenvalue weighted by Gasteiger charge is 2.22. The topological polar surface area (TPSA) is 39.7 Å². The first kappa shape index (κ1) is 14.3. The van der Waals surface area contributed by atoms with Crippen LogP contribution in [0.4, 0.5) is 5.69 Å². The van der Waals surface area contributed by atoms with Crippen molar-refractivity contribution in [3.8, 4) is 0 Å². The maximum atomic E-state index is 12.4. The number of likely N-dealkylation sites (tertiary alicyclic amines) is 1. The summed E-state index contributed by atoms with van der Waals surface area (Å²) in [7, 11) is 0. The predicted octanol–water partition coefficient (Wildman–Crippen LogP) is 1.46. The molecule has 21 heavy (non-hydrogen) atoms. The maximum Gasteiger partial charge on any atom is 0.272 e. The van der Waals surface area contributed by atoms with Gasteiger partial charge in [-0.05, 0) is 31.5 Å². The SMILES string of the molecule is CCN1CCN(c2ccnc(C(=O)N3CCCC3)c2)CC1. The van der Waals surface area contributed by atoms with Gasteiger partial charge in [-0.15, -0.1) is 0 Å². The molecule has 0 radical (unpaired) electrons. The van der Waals surface area contributed by atoms with Gasteiger partial charge in [-0.1, -0.05) is 6.92 Å². The van der Waals surface area contributed by atoms with Crippen LogP contribution in [0.1, 0.15) is 30.3 Å². The van der Waals surface area contributed by atoms with Crippen LogP contribution in [-0.2, 0) is 0 Å². The van der Waals surface area contributed by atoms with Crippen molar-refractivity contribution in [2.75, 3.05) is 50.7 Å². The van der Waals surface area contributed by atoms with Gasteiger partial charge in [0.2, 0.25) is 0 Å². The van der Waals surface area contributed by atoms with E-state index in [0.29, 0.717) is 5.69 Å². The van der Waals surface area contributed by atoms with Crippen LogP contribution in [0.5, 0.6) is 0 Å². The molecule has 3 rings (SSSR count). The van der Waals surface area contributed by atoms with Crippen LogP contribution in [-0.4, -0.2) is 66.5 Å². The van der Waals surface area contributed by atoms with E-state index in [2.05, 4.69) is 21.7 Å². The Hall–Kier alpha value is -1.62. The number of pyridine rings is 1. The first-order valence-electron chi connectivity index (χ1n) is 8.00. The Morgan fingerprint density at radius 1 is 1.14 bits per heavy atom. The molecule has 1 aromatic heterocycles. The van der Waals surface area contributed by atoms with Gasteiger partial charge < -0.3 is 14.7 Å². The third-order valence-corrected chi connectivity index (χ3v) is 4.54. The van der Waals surface area contributed by atoms with Crippen molar-refractivity contribution in [2.45, 2.75) is 19.8 Å². The minimum atomic E-state index is 0.0848. The lowest BCUT2D eigenvalue weighted by Gasteiger charge is -2.35. The van der Waals surface area contributed by atoms with Crippen molar-refractivity contribution in [1.82, 2.24) is 14.8 Å². The third-order valence-electron chi connectivity index (χ3n) is 4.54. The number of hydrogen-bond acceptors (Lipinski definition) is 4. The van der Waals surface area contributed by atoms with Crippen molar-refractivity contribution < 1.29 is 4.79 Å². The van der Waals surface area contributed by atoms with E-state index in [1.165, 1.54) is 0 Å². The number of hydrogen-bond donors (Lipinski definition) is 0. The minimum Gasteiger partial charge on any atom is -0.369 e. The summed E-state index contributed by atoms with van der Waals surface area (Å²) < 4.78 is 0. The molecule has 1 amide bonds. The summed E-state index contributed by atoms with van der Waals surface area (Å²) >= 11 is 0. The number of piperazine rings is 1. The zero-order chi connectivity index (χ0) is 14.7. The Bertz CT molecular complexity index is 491. The van der Waals surface area contributed by atoms with Crippen molar-refractivity contribution >= 4 is 11.6 Å². The van der Waals surface area contributed by atoms with Crippen molar-refractivity contribution in [1.29, 1.82) is 0 Å². The molecule has 1 aromatic rings. The van der Waals surface area contributed by atoms with Gasteiger partial charge >= 0.3 is 0 Å². The number of rotatable bonds is 3. The zero-order valence-electron chi connectivity index (χ0n) is 12.8. The van der Waals surface area contributed by atoms with Gasteiger partial charge in [0.05, 0.1) is 0 Å². The number of aromatic nitrogens is 1. The molecule has 2 aliphatic heterocycles. The third kappa shape index (κ3) is 3.18. The number of carbonyl (C=O) groups is 1. The fourth-order valence-corrected chi connectivity index (χ4v) is 3.14. The fourth-order valence-electron chi connectivity index (χ4n) is 3.14. The van der Waals surface area contributed by atoms with Crippen LogP contribution < -0.4 is 4.90 Å². The molecule has 0 unspecified atom stereocenters. The van der Waals surface area contributed by atoms with Crippen LogP contribution >= 0.6 is 0 Å². The molecule has 2 aliphatic rings. The molecule has 5 heteroatoms. The summed E-state index contributed by atoms with van der Waals surface area (Å²) in [6.07, 6.45) is 4.00. The van der Waals surface area contributed by atoms with Gasteiger partial charge in [0, 0.05) is 51.2 Å². The second-order valence-corrected chi connectivity index (χ2v) is 5.82. The van der Waals surface area contributed by atoms with E-state index in [1.807, 2.05) is 17.0 Å². The molecular weight excluding hydrogens is 264 g/mol. The van der Waals surface area contributed by atoms with Crippen LogP contribution in [0.25, 0.3) is 0 Å². The highest BCUT2D eigenvalue weighted by Crippen LogP contribution is 2.19. The monoisotopic (exact) mass is 288 g/mol. The lowest BCUT2D eigenvalue weighted by Crippen LogP contribution is -2.46. The molecule has 2 saturated heterocycles. The molecule has 114 valence electrons. The van der Waals surface area contributed by atoms with E-state index in [-0.39, 0.29) is 5.91 Å². The van der Waals surface area contributed by atoms with Crippen LogP contribution in [0.15, 0.2) is 18.3 Å². The van der Waals surface area contributed by atoms with Gasteiger partial charge in [-0.2, -0.15) is 0 Å². The van der Waals surface area contributed by atoms with Crippen molar-refractivity contribution in [3.63, 3.8) is 0 Å². The van der Waals surface area contributed by atoms with E-state index in [1.54, 1.807) is 6.20 Å². The molecular formula is C16H24N4O. The first-order valence-corrected chi connectivity index (χ1v) is 8.00. The van der Waals surface area contributed by atoms with E-state index in [4.69, 9.17) is 0 Å². The molecule has 0 spiro atoms. The molecule has 0 N–H and O–H groups in total. The Kier molecular flexibility index (Phi) is 4.39. The predicted molar refractivity (Wildman–Crippen MR) is 83.7 cm³/mol. The molecule has 5 nitrogen and oxygen atoms in total. The number of carbonyl (C=O) groups excluding carboxylic acids is 1. The Balaban J connectivity index is 1.70. The molecule has 0 aromatic carbocycles. The Labute approximate surface area is 126 Å². The number of nitrogens with zero attached hydrogens (tertiary/aromatic N) is 4. The second-order valence-electron chi connectivity index (χ2n) is 5.82. The first-order chi connectivity index (χ1) is 10.3. The largest absolute Gasteiger partial charge is 0.369 e. The van der Waals surface area contributed by atoms with Gasteiger partial charge in [0.25, 0.3) is 5.91 Å². The molecule has 3 heterocycles. The smallest absolute Gasteiger partial charge is 0.272 e. The van der Waals surface area contributed by atoms with E-state index >= 15 is 0 Å². The average Bonchev–Trinajstić information content (AvgIpc) is 3.09. The zero-order valence-corrected chi connectivity index (χ0v) is 12.8. The molecule has 0 atom stereocenters. The summed E-state index contributed by atoms with van der Waals surface area (Å²) in [4.78, 5) is 23.4. The van der Waals surface area contributed by atoms with Crippen LogP contribution in [0.3, 0.4) is 0 Å². The number of likely N-dealkylation sites (N-methyl/N-ethyl adjacent to an activating group) is 1. The lowest BCUT2D eigenvalue weighted by atomic mass is 10.2. The summed E-state index contributed by atoms with van der Waals surface area (Å²) in [5.74, 6) is 0.0848. The minimum absolute atomic E-state index is 0.0848. The number of anilines is 1. The van der Waals surface area contributed by atoms with Gasteiger partial charge in [0.1, 0.15) is 5.69 Å². The maximum absolute atomic E-state index is 12.4. The van der Waals surface area contributed by atoms with Crippen LogP contribution in [0.2, 0.25) is 0 Å². The molecule has 0 aliphatic carbocycles. The molecule has 0 saturated carbocycles. The molecule has 0 bridgehead atoms. The van der Waals surface area contributed by atoms with Crippen molar-refractivity contribution in [2.24, 2.45) is 0 Å². The Morgan fingerprint density at radius 3 is 2.52 bits per heavy atom. The summed E-state index contributed by atoms with van der Waals surface area (Å²) in [5, 5.41) is 0. The fraction of sp³-hybridized carbons (Fsp3) is 0.625. The summed E-state index contributed by atoms with van der Waals surface area (Å²) in [5.41, 5.74) is 1.72. The van der Waals surface area contributed by atoms with Crippen molar-refractivity contribution in [3.05, 3.63) is 24.0 Å². The Morgan fingerprint density at radius 2 is 1.86 bits per heavy atom. The lowest BCUT2D eigenvalue weighted by molar-refractivity contribution is 0.0787.